The lowest BCUT2D eigenvalue weighted by molar-refractivity contribution is 0.124. The molecule has 3 rings (SSSR count). The van der Waals surface area contributed by atoms with Crippen LogP contribution < -0.4 is 10.2 Å². The number of hydrogen-bond acceptors (Lipinski definition) is 6. The molecule has 3 N–H and O–H groups in total. The number of allylic oxidation sites excluding steroid dienone is 2. The number of hydrogen-bond donors (Lipinski definition) is 3. The molecule has 6 nitrogen and oxygen atoms in total. The number of methoxy groups -OCH3 is 1. The number of phenols is 2. The Kier molecular flexibility index (Phi) is 6.94. The fourth-order valence-electron chi connectivity index (χ4n) is 3.64. The van der Waals surface area contributed by atoms with E-state index in [4.69, 9.17) is 9.15 Å². The van der Waals surface area contributed by atoms with Crippen molar-refractivity contribution in [3.8, 4) is 28.4 Å². The third-order valence-electron chi connectivity index (χ3n) is 5.62. The quantitative estimate of drug-likeness (QED) is 0.452. The topological polar surface area (TPSA) is 100 Å². The minimum absolute atomic E-state index is 0.0351. The molecule has 0 bridgehead atoms. The highest BCUT2D eigenvalue weighted by molar-refractivity contribution is 5.93. The number of phenolic OH excluding ortho intramolecular Hbond substituents is 2. The summed E-state index contributed by atoms with van der Waals surface area (Å²) in [4.78, 5) is 13.6. The van der Waals surface area contributed by atoms with Crippen LogP contribution in [0.4, 0.5) is 0 Å². The normalized spacial score (nSPS) is 12.2. The molecule has 0 radical (unpaired) electrons. The third-order valence-corrected chi connectivity index (χ3v) is 5.62. The van der Waals surface area contributed by atoms with Gasteiger partial charge in [-0.3, -0.25) is 4.79 Å². The number of aromatic hydroxyl groups is 2. The first kappa shape index (κ1) is 23.4. The lowest BCUT2D eigenvalue weighted by Crippen LogP contribution is -2.19. The Morgan fingerprint density at radius 2 is 1.78 bits per heavy atom. The summed E-state index contributed by atoms with van der Waals surface area (Å²) in [5.74, 6) is 0.214. The van der Waals surface area contributed by atoms with E-state index in [2.05, 4.69) is 0 Å². The molecule has 3 aromatic rings. The van der Waals surface area contributed by atoms with E-state index in [-0.39, 0.29) is 46.0 Å². The largest absolute Gasteiger partial charge is 0.508 e. The molecule has 0 fully saturated rings. The van der Waals surface area contributed by atoms with Crippen molar-refractivity contribution in [3.05, 3.63) is 63.5 Å². The van der Waals surface area contributed by atoms with Gasteiger partial charge in [0.05, 0.1) is 18.8 Å². The van der Waals surface area contributed by atoms with Gasteiger partial charge < -0.3 is 24.5 Å². The van der Waals surface area contributed by atoms with Gasteiger partial charge in [0.2, 0.25) is 5.43 Å². The van der Waals surface area contributed by atoms with Crippen LogP contribution in [0.1, 0.15) is 38.8 Å². The summed E-state index contributed by atoms with van der Waals surface area (Å²) in [7, 11) is 1.43. The summed E-state index contributed by atoms with van der Waals surface area (Å²) in [6.45, 7) is 7.67. The lowest BCUT2D eigenvalue weighted by atomic mass is 9.92. The zero-order valence-corrected chi connectivity index (χ0v) is 19.1. The first-order chi connectivity index (χ1) is 15.1. The third kappa shape index (κ3) is 4.50. The molecule has 0 aliphatic carbocycles. The van der Waals surface area contributed by atoms with Crippen LogP contribution in [0.2, 0.25) is 0 Å². The van der Waals surface area contributed by atoms with E-state index in [0.717, 1.165) is 5.57 Å². The second kappa shape index (κ2) is 9.49. The average molecular weight is 439 g/mol. The maximum atomic E-state index is 13.6. The summed E-state index contributed by atoms with van der Waals surface area (Å²) in [5.41, 5.74) is 2.75. The van der Waals surface area contributed by atoms with E-state index in [1.165, 1.54) is 25.5 Å². The minimum Gasteiger partial charge on any atom is -0.508 e. The van der Waals surface area contributed by atoms with Crippen molar-refractivity contribution in [3.63, 3.8) is 0 Å². The van der Waals surface area contributed by atoms with Crippen molar-refractivity contribution >= 4 is 11.0 Å². The Labute approximate surface area is 187 Å². The molecule has 32 heavy (non-hydrogen) atoms. The van der Waals surface area contributed by atoms with Crippen molar-refractivity contribution in [2.24, 2.45) is 5.92 Å². The molecule has 1 heterocycles. The van der Waals surface area contributed by atoms with Gasteiger partial charge in [0, 0.05) is 17.5 Å². The number of rotatable bonds is 7. The Morgan fingerprint density at radius 3 is 2.34 bits per heavy atom. The molecule has 1 aromatic heterocycles. The van der Waals surface area contributed by atoms with E-state index in [0.29, 0.717) is 28.7 Å². The molecule has 170 valence electrons. The fourth-order valence-corrected chi connectivity index (χ4v) is 3.64. The first-order valence-electron chi connectivity index (χ1n) is 10.6. The predicted molar refractivity (Wildman–Crippen MR) is 125 cm³/mol. The van der Waals surface area contributed by atoms with Crippen LogP contribution in [0.5, 0.6) is 17.2 Å². The van der Waals surface area contributed by atoms with Crippen molar-refractivity contribution in [1.29, 1.82) is 0 Å². The number of fused-ring (bicyclic) bond motifs is 1. The molecule has 0 spiro atoms. The van der Waals surface area contributed by atoms with Gasteiger partial charge >= 0.3 is 0 Å². The van der Waals surface area contributed by atoms with Crippen LogP contribution in [-0.2, 0) is 12.8 Å². The van der Waals surface area contributed by atoms with Crippen LogP contribution in [-0.4, -0.2) is 28.5 Å². The Morgan fingerprint density at radius 1 is 1.12 bits per heavy atom. The molecule has 0 aliphatic heterocycles. The van der Waals surface area contributed by atoms with Crippen molar-refractivity contribution in [1.82, 2.24) is 0 Å². The minimum atomic E-state index is -0.726. The molecule has 1 atom stereocenters. The van der Waals surface area contributed by atoms with Crippen molar-refractivity contribution < 1.29 is 24.5 Å². The van der Waals surface area contributed by atoms with Gasteiger partial charge in [0.15, 0.2) is 0 Å². The Bertz CT molecular complexity index is 1200. The standard InChI is InChI=1S/C26H30O6/c1-14(2)6-11-18-23(29)19(12-21(28)15(3)4)25(31-5)22-24(30)20(13-32-26(18)22)16-7-9-17(27)10-8-16/h6-10,13,15,21,27-29H,11-12H2,1-5H3. The molecular formula is C26H30O6. The second-order valence-electron chi connectivity index (χ2n) is 8.57. The fraction of sp³-hybridized carbons (Fsp3) is 0.346. The maximum Gasteiger partial charge on any atom is 0.204 e. The smallest absolute Gasteiger partial charge is 0.204 e. The monoisotopic (exact) mass is 438 g/mol. The van der Waals surface area contributed by atoms with Crippen molar-refractivity contribution in [2.75, 3.05) is 7.11 Å². The average Bonchev–Trinajstić information content (AvgIpc) is 2.74. The zero-order chi connectivity index (χ0) is 23.6. The van der Waals surface area contributed by atoms with Crippen LogP contribution in [0, 0.1) is 5.92 Å². The molecule has 0 saturated carbocycles. The van der Waals surface area contributed by atoms with Gasteiger partial charge in [-0.15, -0.1) is 0 Å². The Balaban J connectivity index is 2.38. The van der Waals surface area contributed by atoms with Gasteiger partial charge in [-0.25, -0.2) is 0 Å². The van der Waals surface area contributed by atoms with E-state index in [1.54, 1.807) is 12.1 Å². The van der Waals surface area contributed by atoms with Gasteiger partial charge in [-0.1, -0.05) is 37.6 Å². The van der Waals surface area contributed by atoms with Crippen LogP contribution in [0.3, 0.4) is 0 Å². The maximum absolute atomic E-state index is 13.6. The van der Waals surface area contributed by atoms with Gasteiger partial charge in [-0.05, 0) is 43.9 Å². The molecule has 0 amide bonds. The summed E-state index contributed by atoms with van der Waals surface area (Å²) >= 11 is 0. The first-order valence-corrected chi connectivity index (χ1v) is 10.6. The SMILES string of the molecule is COc1c(CC(O)C(C)C)c(O)c(CC=C(C)C)c2occ(-c3ccc(O)cc3)c(=O)c12. The summed E-state index contributed by atoms with van der Waals surface area (Å²) < 4.78 is 11.5. The van der Waals surface area contributed by atoms with Crippen molar-refractivity contribution in [2.45, 2.75) is 46.6 Å². The number of aliphatic hydroxyl groups is 1. The second-order valence-corrected chi connectivity index (χ2v) is 8.57. The Hall–Kier alpha value is -3.25. The summed E-state index contributed by atoms with van der Waals surface area (Å²) in [5, 5.41) is 31.5. The van der Waals surface area contributed by atoms with Gasteiger partial charge in [0.1, 0.15) is 34.5 Å². The molecule has 2 aromatic carbocycles. The van der Waals surface area contributed by atoms with Crippen LogP contribution >= 0.6 is 0 Å². The van der Waals surface area contributed by atoms with E-state index in [1.807, 2.05) is 33.8 Å². The highest BCUT2D eigenvalue weighted by Gasteiger charge is 2.26. The molecule has 0 saturated heterocycles. The highest BCUT2D eigenvalue weighted by Crippen LogP contribution is 2.41. The van der Waals surface area contributed by atoms with E-state index in [9.17, 15) is 20.1 Å². The predicted octanol–water partition coefficient (Wildman–Crippen LogP) is 4.95. The zero-order valence-electron chi connectivity index (χ0n) is 19.1. The summed E-state index contributed by atoms with van der Waals surface area (Å²) in [6, 6.07) is 6.26. The van der Waals surface area contributed by atoms with Crippen LogP contribution in [0.25, 0.3) is 22.1 Å². The molecule has 0 aliphatic rings. The number of aliphatic hydroxyl groups excluding tert-OH is 1. The van der Waals surface area contributed by atoms with Crippen LogP contribution in [0.15, 0.2) is 51.4 Å². The van der Waals surface area contributed by atoms with E-state index >= 15 is 0 Å². The number of ether oxygens (including phenoxy) is 1. The summed E-state index contributed by atoms with van der Waals surface area (Å²) in [6.07, 6.45) is 3.08. The number of benzene rings is 2. The highest BCUT2D eigenvalue weighted by atomic mass is 16.5. The lowest BCUT2D eigenvalue weighted by Gasteiger charge is -2.21. The van der Waals surface area contributed by atoms with E-state index < -0.39 is 6.10 Å². The molecule has 6 heteroatoms. The van der Waals surface area contributed by atoms with Gasteiger partial charge in [0.25, 0.3) is 0 Å². The molecule has 1 unspecified atom stereocenters. The van der Waals surface area contributed by atoms with Gasteiger partial charge in [-0.2, -0.15) is 0 Å². The molecular weight excluding hydrogens is 408 g/mol.